The summed E-state index contributed by atoms with van der Waals surface area (Å²) in [6.45, 7) is 8.27. The highest BCUT2D eigenvalue weighted by molar-refractivity contribution is 5.92. The molecular formula is C20H28N4O2. The molecule has 1 amide bonds. The van der Waals surface area contributed by atoms with Crippen molar-refractivity contribution >= 4 is 11.6 Å². The number of hydrogen-bond acceptors (Lipinski definition) is 5. The summed E-state index contributed by atoms with van der Waals surface area (Å²) in [5.41, 5.74) is 2.65. The van der Waals surface area contributed by atoms with E-state index in [0.717, 1.165) is 49.2 Å². The average molecular weight is 356 g/mol. The molecule has 1 aliphatic rings. The first-order chi connectivity index (χ1) is 12.6. The molecule has 1 atom stereocenters. The molecule has 6 heteroatoms. The third-order valence-electron chi connectivity index (χ3n) is 5.24. The second-order valence-electron chi connectivity index (χ2n) is 7.22. The Bertz CT molecular complexity index is 750. The molecule has 1 aromatic carbocycles. The molecule has 6 nitrogen and oxygen atoms in total. The number of nitrogens with zero attached hydrogens (tertiary/aromatic N) is 2. The summed E-state index contributed by atoms with van der Waals surface area (Å²) in [5, 5.41) is 10.4. The summed E-state index contributed by atoms with van der Waals surface area (Å²) in [4.78, 5) is 16.9. The van der Waals surface area contributed by atoms with Crippen molar-refractivity contribution in [3.8, 4) is 11.5 Å². The molecule has 2 heterocycles. The zero-order valence-electron chi connectivity index (χ0n) is 15.8. The van der Waals surface area contributed by atoms with Crippen molar-refractivity contribution in [1.29, 1.82) is 0 Å². The van der Waals surface area contributed by atoms with Gasteiger partial charge in [-0.25, -0.2) is 0 Å². The summed E-state index contributed by atoms with van der Waals surface area (Å²) >= 11 is 0. The van der Waals surface area contributed by atoms with Crippen molar-refractivity contribution in [3.05, 3.63) is 29.6 Å². The standard InChI is InChI=1S/C20H28N4O2/c1-4-18-23-20(26-24-18)16-6-5-13(2)17(12-16)22-19(25)11-14(3)15-7-9-21-10-8-15/h5-6,12,14-15,21H,4,7-11H2,1-3H3,(H,22,25). The summed E-state index contributed by atoms with van der Waals surface area (Å²) in [6, 6.07) is 5.82. The van der Waals surface area contributed by atoms with Gasteiger partial charge in [-0.1, -0.05) is 25.1 Å². The minimum Gasteiger partial charge on any atom is -0.334 e. The van der Waals surface area contributed by atoms with Crippen molar-refractivity contribution in [2.24, 2.45) is 11.8 Å². The van der Waals surface area contributed by atoms with Crippen LogP contribution in [0.15, 0.2) is 22.7 Å². The Labute approximate surface area is 154 Å². The number of hydrogen-bond donors (Lipinski definition) is 2. The molecule has 0 saturated carbocycles. The van der Waals surface area contributed by atoms with E-state index < -0.39 is 0 Å². The Balaban J connectivity index is 1.66. The lowest BCUT2D eigenvalue weighted by Gasteiger charge is -2.28. The number of rotatable bonds is 6. The van der Waals surface area contributed by atoms with Gasteiger partial charge < -0.3 is 15.2 Å². The zero-order chi connectivity index (χ0) is 18.5. The fourth-order valence-electron chi connectivity index (χ4n) is 3.48. The Morgan fingerprint density at radius 3 is 2.85 bits per heavy atom. The molecule has 2 N–H and O–H groups in total. The first kappa shape index (κ1) is 18.6. The fraction of sp³-hybridized carbons (Fsp3) is 0.550. The van der Waals surface area contributed by atoms with E-state index >= 15 is 0 Å². The van der Waals surface area contributed by atoms with Crippen LogP contribution in [0.25, 0.3) is 11.5 Å². The SMILES string of the molecule is CCc1noc(-c2ccc(C)c(NC(=O)CC(C)C3CCNCC3)c2)n1. The lowest BCUT2D eigenvalue weighted by atomic mass is 9.84. The Hall–Kier alpha value is -2.21. The molecule has 1 fully saturated rings. The van der Waals surface area contributed by atoms with Crippen LogP contribution in [0.1, 0.15) is 44.5 Å². The predicted molar refractivity (Wildman–Crippen MR) is 102 cm³/mol. The van der Waals surface area contributed by atoms with E-state index in [2.05, 4.69) is 27.7 Å². The third-order valence-corrected chi connectivity index (χ3v) is 5.24. The Morgan fingerprint density at radius 1 is 1.38 bits per heavy atom. The molecule has 0 spiro atoms. The first-order valence-corrected chi connectivity index (χ1v) is 9.51. The molecule has 1 unspecified atom stereocenters. The highest BCUT2D eigenvalue weighted by Crippen LogP contribution is 2.27. The summed E-state index contributed by atoms with van der Waals surface area (Å²) in [6.07, 6.45) is 3.59. The molecule has 26 heavy (non-hydrogen) atoms. The van der Waals surface area contributed by atoms with Gasteiger partial charge in [-0.3, -0.25) is 4.79 Å². The number of benzene rings is 1. The highest BCUT2D eigenvalue weighted by Gasteiger charge is 2.22. The van der Waals surface area contributed by atoms with Crippen LogP contribution in [-0.2, 0) is 11.2 Å². The molecule has 1 aromatic heterocycles. The van der Waals surface area contributed by atoms with Gasteiger partial charge in [0.25, 0.3) is 5.89 Å². The van der Waals surface area contributed by atoms with Crippen LogP contribution in [0.3, 0.4) is 0 Å². The van der Waals surface area contributed by atoms with Crippen LogP contribution < -0.4 is 10.6 Å². The van der Waals surface area contributed by atoms with E-state index in [1.54, 1.807) is 0 Å². The molecule has 0 radical (unpaired) electrons. The molecule has 1 saturated heterocycles. The van der Waals surface area contributed by atoms with E-state index in [-0.39, 0.29) is 5.91 Å². The molecule has 3 rings (SSSR count). The van der Waals surface area contributed by atoms with Gasteiger partial charge in [0.1, 0.15) is 0 Å². The number of amides is 1. The molecule has 0 bridgehead atoms. The number of anilines is 1. The fourth-order valence-corrected chi connectivity index (χ4v) is 3.48. The van der Waals surface area contributed by atoms with Crippen molar-refractivity contribution in [2.45, 2.75) is 46.5 Å². The van der Waals surface area contributed by atoms with Crippen molar-refractivity contribution in [3.63, 3.8) is 0 Å². The Kier molecular flexibility index (Phi) is 6.04. The number of nitrogens with one attached hydrogen (secondary N) is 2. The largest absolute Gasteiger partial charge is 0.334 e. The summed E-state index contributed by atoms with van der Waals surface area (Å²) < 4.78 is 5.31. The van der Waals surface area contributed by atoms with Crippen LogP contribution in [-0.4, -0.2) is 29.1 Å². The monoisotopic (exact) mass is 356 g/mol. The van der Waals surface area contributed by atoms with Gasteiger partial charge in [0.05, 0.1) is 0 Å². The van der Waals surface area contributed by atoms with E-state index in [0.29, 0.717) is 30.0 Å². The minimum atomic E-state index is 0.0658. The lowest BCUT2D eigenvalue weighted by molar-refractivity contribution is -0.117. The Morgan fingerprint density at radius 2 is 2.15 bits per heavy atom. The van der Waals surface area contributed by atoms with Gasteiger partial charge in [-0.05, 0) is 62.4 Å². The van der Waals surface area contributed by atoms with Crippen molar-refractivity contribution in [1.82, 2.24) is 15.5 Å². The highest BCUT2D eigenvalue weighted by atomic mass is 16.5. The van der Waals surface area contributed by atoms with Gasteiger partial charge in [0.2, 0.25) is 5.91 Å². The third kappa shape index (κ3) is 4.49. The van der Waals surface area contributed by atoms with Gasteiger partial charge in [-0.15, -0.1) is 0 Å². The lowest BCUT2D eigenvalue weighted by Crippen LogP contribution is -2.32. The molecule has 0 aliphatic carbocycles. The summed E-state index contributed by atoms with van der Waals surface area (Å²) in [7, 11) is 0. The molecule has 1 aliphatic heterocycles. The molecule has 140 valence electrons. The van der Waals surface area contributed by atoms with Gasteiger partial charge in [0.15, 0.2) is 5.82 Å². The first-order valence-electron chi connectivity index (χ1n) is 9.51. The maximum atomic E-state index is 12.5. The topological polar surface area (TPSA) is 80.0 Å². The van der Waals surface area contributed by atoms with Crippen LogP contribution in [0.5, 0.6) is 0 Å². The predicted octanol–water partition coefficient (Wildman–Crippen LogP) is 3.57. The van der Waals surface area contributed by atoms with Gasteiger partial charge >= 0.3 is 0 Å². The quantitative estimate of drug-likeness (QED) is 0.827. The molecular weight excluding hydrogens is 328 g/mol. The van der Waals surface area contributed by atoms with Crippen LogP contribution >= 0.6 is 0 Å². The van der Waals surface area contributed by atoms with Crippen molar-refractivity contribution in [2.75, 3.05) is 18.4 Å². The van der Waals surface area contributed by atoms with E-state index in [1.807, 2.05) is 32.0 Å². The van der Waals surface area contributed by atoms with E-state index in [4.69, 9.17) is 4.52 Å². The van der Waals surface area contributed by atoms with Crippen LogP contribution in [0.4, 0.5) is 5.69 Å². The maximum Gasteiger partial charge on any atom is 0.257 e. The van der Waals surface area contributed by atoms with Crippen molar-refractivity contribution < 1.29 is 9.32 Å². The summed E-state index contributed by atoms with van der Waals surface area (Å²) in [5.74, 6) is 2.25. The second kappa shape index (κ2) is 8.45. The number of carbonyl (C=O) groups is 1. The van der Waals surface area contributed by atoms with E-state index in [9.17, 15) is 4.79 Å². The average Bonchev–Trinajstić information content (AvgIpc) is 3.13. The smallest absolute Gasteiger partial charge is 0.257 e. The zero-order valence-corrected chi connectivity index (χ0v) is 15.8. The van der Waals surface area contributed by atoms with Crippen LogP contribution in [0, 0.1) is 18.8 Å². The minimum absolute atomic E-state index is 0.0658. The number of piperidine rings is 1. The number of carbonyl (C=O) groups excluding carboxylic acids is 1. The number of aryl methyl sites for hydroxylation is 2. The van der Waals surface area contributed by atoms with Gasteiger partial charge in [-0.2, -0.15) is 4.98 Å². The van der Waals surface area contributed by atoms with Crippen LogP contribution in [0.2, 0.25) is 0 Å². The number of aromatic nitrogens is 2. The normalized spacial score (nSPS) is 16.4. The second-order valence-corrected chi connectivity index (χ2v) is 7.22. The molecule has 2 aromatic rings. The maximum absolute atomic E-state index is 12.5. The van der Waals surface area contributed by atoms with Gasteiger partial charge in [0, 0.05) is 24.1 Å². The van der Waals surface area contributed by atoms with E-state index in [1.165, 1.54) is 0 Å².